The maximum absolute atomic E-state index is 13.3. The van der Waals surface area contributed by atoms with Crippen molar-refractivity contribution in [2.75, 3.05) is 5.73 Å². The number of halogens is 1. The molecule has 0 aliphatic rings. The Morgan fingerprint density at radius 1 is 1.00 bits per heavy atom. The summed E-state index contributed by atoms with van der Waals surface area (Å²) in [5.74, 6) is 0.0394. The third kappa shape index (κ3) is 2.25. The number of benzene rings is 1. The van der Waals surface area contributed by atoms with E-state index in [0.29, 0.717) is 17.1 Å². The molecule has 0 aliphatic heterocycles. The van der Waals surface area contributed by atoms with Crippen LogP contribution in [-0.4, -0.2) is 9.97 Å². The van der Waals surface area contributed by atoms with Crippen LogP contribution in [0.25, 0.3) is 11.3 Å². The van der Waals surface area contributed by atoms with Crippen LogP contribution in [0.5, 0.6) is 0 Å². The molecule has 2 aromatic rings. The van der Waals surface area contributed by atoms with Crippen LogP contribution in [0.3, 0.4) is 0 Å². The molecule has 0 amide bonds. The van der Waals surface area contributed by atoms with Crippen molar-refractivity contribution in [3.63, 3.8) is 0 Å². The summed E-state index contributed by atoms with van der Waals surface area (Å²) < 4.78 is 13.3. The summed E-state index contributed by atoms with van der Waals surface area (Å²) in [4.78, 5) is 8.57. The number of nitrogen functional groups attached to an aromatic ring is 1. The van der Waals surface area contributed by atoms with E-state index in [-0.39, 0.29) is 5.82 Å². The van der Waals surface area contributed by atoms with E-state index in [1.165, 1.54) is 12.1 Å². The normalized spacial score (nSPS) is 10.6. The Kier molecular flexibility index (Phi) is 2.79. The first-order valence-corrected chi connectivity index (χ1v) is 5.35. The average molecular weight is 231 g/mol. The predicted octanol–water partition coefficient (Wildman–Crippen LogP) is 2.79. The van der Waals surface area contributed by atoms with Gasteiger partial charge in [0.05, 0.1) is 11.4 Å². The van der Waals surface area contributed by atoms with Gasteiger partial charge in [-0.15, -0.1) is 0 Å². The quantitative estimate of drug-likeness (QED) is 0.821. The number of hydrogen-bond acceptors (Lipinski definition) is 3. The first-order valence-electron chi connectivity index (χ1n) is 5.35. The van der Waals surface area contributed by atoms with E-state index in [4.69, 9.17) is 5.73 Å². The van der Waals surface area contributed by atoms with Crippen LogP contribution in [0, 0.1) is 26.6 Å². The third-order valence-electron chi connectivity index (χ3n) is 2.65. The van der Waals surface area contributed by atoms with Crippen molar-refractivity contribution in [3.05, 3.63) is 41.0 Å². The van der Waals surface area contributed by atoms with Crippen LogP contribution < -0.4 is 5.73 Å². The van der Waals surface area contributed by atoms with Gasteiger partial charge in [-0.25, -0.2) is 14.4 Å². The zero-order valence-corrected chi connectivity index (χ0v) is 10.1. The summed E-state index contributed by atoms with van der Waals surface area (Å²) in [6.45, 7) is 5.54. The van der Waals surface area contributed by atoms with Gasteiger partial charge >= 0.3 is 0 Å². The Morgan fingerprint density at radius 3 is 2.29 bits per heavy atom. The smallest absolute Gasteiger partial charge is 0.150 e. The van der Waals surface area contributed by atoms with Crippen molar-refractivity contribution >= 4 is 5.82 Å². The fourth-order valence-corrected chi connectivity index (χ4v) is 1.71. The lowest BCUT2D eigenvalue weighted by atomic mass is 10.1. The van der Waals surface area contributed by atoms with Crippen LogP contribution in [0.4, 0.5) is 10.2 Å². The molecular formula is C13H14FN3. The average Bonchev–Trinajstić information content (AvgIpc) is 2.22. The molecule has 2 N–H and O–H groups in total. The van der Waals surface area contributed by atoms with E-state index in [0.717, 1.165) is 17.0 Å². The van der Waals surface area contributed by atoms with Crippen LogP contribution in [-0.2, 0) is 0 Å². The van der Waals surface area contributed by atoms with E-state index in [9.17, 15) is 4.39 Å². The summed E-state index contributed by atoms with van der Waals surface area (Å²) in [7, 11) is 0. The minimum absolute atomic E-state index is 0.292. The lowest BCUT2D eigenvalue weighted by Crippen LogP contribution is -2.02. The summed E-state index contributed by atoms with van der Waals surface area (Å²) in [5, 5.41) is 0. The standard InChI is InChI=1S/C13H14FN3/c1-7-4-10(6-11(14)5-7)12-13(15)17-9(3)8(2)16-12/h4-6H,1-3H3,(H2,15,17). The van der Waals surface area contributed by atoms with Crippen LogP contribution in [0.15, 0.2) is 18.2 Å². The Hall–Kier alpha value is -1.97. The molecule has 3 nitrogen and oxygen atoms in total. The van der Waals surface area contributed by atoms with Gasteiger partial charge in [-0.2, -0.15) is 0 Å². The topological polar surface area (TPSA) is 51.8 Å². The molecule has 2 rings (SSSR count). The van der Waals surface area contributed by atoms with Gasteiger partial charge in [-0.05, 0) is 44.5 Å². The molecular weight excluding hydrogens is 217 g/mol. The minimum atomic E-state index is -0.292. The van der Waals surface area contributed by atoms with Crippen molar-refractivity contribution < 1.29 is 4.39 Å². The largest absolute Gasteiger partial charge is 0.382 e. The molecule has 0 atom stereocenters. The Morgan fingerprint density at radius 2 is 1.65 bits per heavy atom. The van der Waals surface area contributed by atoms with Crippen molar-refractivity contribution in [1.82, 2.24) is 9.97 Å². The summed E-state index contributed by atoms with van der Waals surface area (Å²) >= 11 is 0. The van der Waals surface area contributed by atoms with E-state index in [1.54, 1.807) is 0 Å². The maximum atomic E-state index is 13.3. The van der Waals surface area contributed by atoms with Gasteiger partial charge in [-0.1, -0.05) is 0 Å². The molecule has 0 unspecified atom stereocenters. The number of aromatic nitrogens is 2. The number of anilines is 1. The second-order valence-corrected chi connectivity index (χ2v) is 4.15. The number of hydrogen-bond donors (Lipinski definition) is 1. The summed E-state index contributed by atoms with van der Waals surface area (Å²) in [6.07, 6.45) is 0. The molecule has 0 saturated carbocycles. The number of nitrogens with zero attached hydrogens (tertiary/aromatic N) is 2. The molecule has 1 aromatic carbocycles. The Bertz CT molecular complexity index is 559. The Labute approximate surface area is 99.5 Å². The second-order valence-electron chi connectivity index (χ2n) is 4.15. The molecule has 88 valence electrons. The summed E-state index contributed by atoms with van der Waals surface area (Å²) in [6, 6.07) is 4.73. The molecule has 0 radical (unpaired) electrons. The highest BCUT2D eigenvalue weighted by Crippen LogP contribution is 2.25. The minimum Gasteiger partial charge on any atom is -0.382 e. The van der Waals surface area contributed by atoms with Crippen LogP contribution in [0.1, 0.15) is 17.0 Å². The highest BCUT2D eigenvalue weighted by atomic mass is 19.1. The molecule has 0 spiro atoms. The number of rotatable bonds is 1. The molecule has 0 bridgehead atoms. The van der Waals surface area contributed by atoms with Gasteiger partial charge < -0.3 is 5.73 Å². The fraction of sp³-hybridized carbons (Fsp3) is 0.231. The van der Waals surface area contributed by atoms with Crippen LogP contribution >= 0.6 is 0 Å². The van der Waals surface area contributed by atoms with Crippen LogP contribution in [0.2, 0.25) is 0 Å². The van der Waals surface area contributed by atoms with Crippen molar-refractivity contribution in [2.45, 2.75) is 20.8 Å². The summed E-state index contributed by atoms with van der Waals surface area (Å²) in [5.41, 5.74) is 9.45. The van der Waals surface area contributed by atoms with Crippen molar-refractivity contribution in [2.24, 2.45) is 0 Å². The van der Waals surface area contributed by atoms with Crippen molar-refractivity contribution in [1.29, 1.82) is 0 Å². The van der Waals surface area contributed by atoms with Gasteiger partial charge in [0.25, 0.3) is 0 Å². The molecule has 4 heteroatoms. The first-order chi connectivity index (χ1) is 7.97. The Balaban J connectivity index is 2.64. The van der Waals surface area contributed by atoms with Gasteiger partial charge in [-0.3, -0.25) is 0 Å². The van der Waals surface area contributed by atoms with E-state index in [1.807, 2.05) is 26.8 Å². The molecule has 1 aromatic heterocycles. The van der Waals surface area contributed by atoms with Gasteiger partial charge in [0, 0.05) is 5.56 Å². The lowest BCUT2D eigenvalue weighted by molar-refractivity contribution is 0.627. The first kappa shape index (κ1) is 11.5. The molecule has 0 fully saturated rings. The monoisotopic (exact) mass is 231 g/mol. The molecule has 0 saturated heterocycles. The van der Waals surface area contributed by atoms with Gasteiger partial charge in [0.2, 0.25) is 0 Å². The lowest BCUT2D eigenvalue weighted by Gasteiger charge is -2.08. The van der Waals surface area contributed by atoms with E-state index in [2.05, 4.69) is 9.97 Å². The third-order valence-corrected chi connectivity index (χ3v) is 2.65. The number of nitrogens with two attached hydrogens (primary N) is 1. The van der Waals surface area contributed by atoms with E-state index < -0.39 is 0 Å². The van der Waals surface area contributed by atoms with E-state index >= 15 is 0 Å². The molecule has 0 aliphatic carbocycles. The fourth-order valence-electron chi connectivity index (χ4n) is 1.71. The second kappa shape index (κ2) is 4.13. The predicted molar refractivity (Wildman–Crippen MR) is 66.0 cm³/mol. The SMILES string of the molecule is Cc1cc(F)cc(-c2nc(C)c(C)nc2N)c1. The van der Waals surface area contributed by atoms with Gasteiger partial charge in [0.1, 0.15) is 17.3 Å². The molecule has 17 heavy (non-hydrogen) atoms. The zero-order valence-electron chi connectivity index (χ0n) is 10.1. The van der Waals surface area contributed by atoms with Crippen molar-refractivity contribution in [3.8, 4) is 11.3 Å². The maximum Gasteiger partial charge on any atom is 0.150 e. The molecule has 1 heterocycles. The highest BCUT2D eigenvalue weighted by molar-refractivity contribution is 5.70. The zero-order chi connectivity index (χ0) is 12.6. The number of aryl methyl sites for hydroxylation is 3. The highest BCUT2D eigenvalue weighted by Gasteiger charge is 2.10. The van der Waals surface area contributed by atoms with Gasteiger partial charge in [0.15, 0.2) is 0 Å².